The lowest BCUT2D eigenvalue weighted by molar-refractivity contribution is 0.669. The molecule has 11 rings (SSSR count). The summed E-state index contributed by atoms with van der Waals surface area (Å²) in [5.74, 6) is 1.72. The number of aromatic nitrogens is 3. The minimum atomic E-state index is 0.548. The van der Waals surface area contributed by atoms with Crippen molar-refractivity contribution in [2.45, 2.75) is 0 Å². The molecule has 3 aromatic heterocycles. The molecule has 0 saturated heterocycles. The first-order valence-electron chi connectivity index (χ1n) is 17.3. The second kappa shape index (κ2) is 11.2. The van der Waals surface area contributed by atoms with Gasteiger partial charge >= 0.3 is 0 Å². The highest BCUT2D eigenvalue weighted by molar-refractivity contribution is 6.19. The molecular weight excluding hydrogens is 639 g/mol. The number of hydrogen-bond acceptors (Lipinski definition) is 5. The first kappa shape index (κ1) is 28.7. The average molecular weight is 666 g/mol. The van der Waals surface area contributed by atoms with Crippen LogP contribution in [0.4, 0.5) is 0 Å². The van der Waals surface area contributed by atoms with Gasteiger partial charge in [0.1, 0.15) is 22.3 Å². The maximum atomic E-state index is 6.66. The zero-order chi connectivity index (χ0) is 34.2. The zero-order valence-corrected chi connectivity index (χ0v) is 27.7. The lowest BCUT2D eigenvalue weighted by Gasteiger charge is -2.11. The van der Waals surface area contributed by atoms with Gasteiger partial charge in [-0.25, -0.2) is 15.0 Å². The summed E-state index contributed by atoms with van der Waals surface area (Å²) < 4.78 is 13.1. The van der Waals surface area contributed by atoms with E-state index in [1.807, 2.05) is 36.4 Å². The molecule has 0 saturated carbocycles. The number of hydrogen-bond donors (Lipinski definition) is 0. The Morgan fingerprint density at radius 3 is 1.83 bits per heavy atom. The van der Waals surface area contributed by atoms with E-state index in [1.165, 1.54) is 0 Å². The highest BCUT2D eigenvalue weighted by Gasteiger charge is 2.21. The zero-order valence-electron chi connectivity index (χ0n) is 27.7. The Labute approximate surface area is 297 Å². The van der Waals surface area contributed by atoms with Crippen LogP contribution in [-0.2, 0) is 0 Å². The maximum absolute atomic E-state index is 6.66. The molecule has 5 heteroatoms. The summed E-state index contributed by atoms with van der Waals surface area (Å²) in [6.45, 7) is 0. The van der Waals surface area contributed by atoms with E-state index in [4.69, 9.17) is 23.8 Å². The van der Waals surface area contributed by atoms with Crippen molar-refractivity contribution in [1.29, 1.82) is 0 Å². The molecule has 0 amide bonds. The molecule has 3 heterocycles. The van der Waals surface area contributed by atoms with Crippen molar-refractivity contribution in [2.75, 3.05) is 0 Å². The summed E-state index contributed by atoms with van der Waals surface area (Å²) in [5.41, 5.74) is 8.14. The minimum Gasteiger partial charge on any atom is -0.455 e. The minimum absolute atomic E-state index is 0.548. The van der Waals surface area contributed by atoms with E-state index in [9.17, 15) is 0 Å². The molecule has 0 fully saturated rings. The van der Waals surface area contributed by atoms with Crippen molar-refractivity contribution in [2.24, 2.45) is 0 Å². The van der Waals surface area contributed by atoms with Crippen molar-refractivity contribution in [3.05, 3.63) is 164 Å². The van der Waals surface area contributed by atoms with E-state index in [0.29, 0.717) is 17.5 Å². The summed E-state index contributed by atoms with van der Waals surface area (Å²) >= 11 is 0. The van der Waals surface area contributed by atoms with Crippen molar-refractivity contribution >= 4 is 65.4 Å². The number of furan rings is 2. The van der Waals surface area contributed by atoms with E-state index in [2.05, 4.69) is 127 Å². The Kier molecular flexibility index (Phi) is 6.18. The Bertz CT molecular complexity index is 3190. The van der Waals surface area contributed by atoms with Crippen LogP contribution in [0.5, 0.6) is 0 Å². The van der Waals surface area contributed by atoms with Gasteiger partial charge in [0.15, 0.2) is 17.5 Å². The Morgan fingerprint density at radius 1 is 0.308 bits per heavy atom. The van der Waals surface area contributed by atoms with Gasteiger partial charge < -0.3 is 8.83 Å². The van der Waals surface area contributed by atoms with Gasteiger partial charge in [-0.3, -0.25) is 0 Å². The third kappa shape index (κ3) is 4.46. The average Bonchev–Trinajstić information content (AvgIpc) is 3.79. The first-order chi connectivity index (χ1) is 25.7. The number of fused-ring (bicyclic) bond motifs is 9. The SMILES string of the molecule is c1ccc(-c2ccc3c(c2)oc2c4ccccc4c(-c4nc(-c5ccc6ccccc6c5)nc(-c5cccc6c5oc5ccccc56)n4)cc32)cc1. The van der Waals surface area contributed by atoms with Crippen LogP contribution in [0.15, 0.2) is 173 Å². The van der Waals surface area contributed by atoms with Crippen LogP contribution in [0.3, 0.4) is 0 Å². The molecule has 0 unspecified atom stereocenters. The second-order valence-corrected chi connectivity index (χ2v) is 13.2. The monoisotopic (exact) mass is 665 g/mol. The van der Waals surface area contributed by atoms with E-state index < -0.39 is 0 Å². The predicted molar refractivity (Wildman–Crippen MR) is 211 cm³/mol. The van der Waals surface area contributed by atoms with Gasteiger partial charge in [0.25, 0.3) is 0 Å². The molecule has 0 aliphatic heterocycles. The third-order valence-corrected chi connectivity index (χ3v) is 10.1. The Morgan fingerprint density at radius 2 is 0.942 bits per heavy atom. The van der Waals surface area contributed by atoms with Crippen molar-refractivity contribution in [3.63, 3.8) is 0 Å². The number of para-hydroxylation sites is 2. The molecule has 5 nitrogen and oxygen atoms in total. The van der Waals surface area contributed by atoms with Crippen molar-refractivity contribution in [3.8, 4) is 45.3 Å². The fourth-order valence-corrected chi connectivity index (χ4v) is 7.59. The summed E-state index contributed by atoms with van der Waals surface area (Å²) in [5, 5.41) is 8.41. The Balaban J connectivity index is 1.18. The smallest absolute Gasteiger partial charge is 0.167 e. The van der Waals surface area contributed by atoms with Gasteiger partial charge in [-0.15, -0.1) is 0 Å². The van der Waals surface area contributed by atoms with Crippen molar-refractivity contribution in [1.82, 2.24) is 15.0 Å². The van der Waals surface area contributed by atoms with Gasteiger partial charge in [-0.05, 0) is 63.7 Å². The largest absolute Gasteiger partial charge is 0.455 e. The number of benzene rings is 8. The van der Waals surface area contributed by atoms with Gasteiger partial charge in [0.05, 0.1) is 5.56 Å². The molecule has 0 aliphatic rings. The molecule has 0 aliphatic carbocycles. The van der Waals surface area contributed by atoms with Crippen LogP contribution < -0.4 is 0 Å². The van der Waals surface area contributed by atoms with Crippen molar-refractivity contribution < 1.29 is 8.83 Å². The third-order valence-electron chi connectivity index (χ3n) is 10.1. The number of nitrogens with zero attached hydrogens (tertiary/aromatic N) is 3. The second-order valence-electron chi connectivity index (χ2n) is 13.2. The van der Waals surface area contributed by atoms with Crippen LogP contribution >= 0.6 is 0 Å². The van der Waals surface area contributed by atoms with Crippen LogP contribution in [0.1, 0.15) is 0 Å². The standard InChI is InChI=1S/C47H27N3O2/c1-2-11-28(12-3-1)31-23-24-35-39-27-40(33-15-6-7-17-36(33)44(39)52-42(35)26-31)47-49-45(32-22-21-29-13-4-5-14-30(29)25-32)48-46(50-47)38-19-10-18-37-34-16-8-9-20-41(34)51-43(37)38/h1-27H. The molecule has 0 N–H and O–H groups in total. The van der Waals surface area contributed by atoms with Gasteiger partial charge in [0.2, 0.25) is 0 Å². The van der Waals surface area contributed by atoms with E-state index in [1.54, 1.807) is 0 Å². The Hall–Kier alpha value is -7.11. The topological polar surface area (TPSA) is 65.0 Å². The van der Waals surface area contributed by atoms with Gasteiger partial charge in [0, 0.05) is 38.1 Å². The van der Waals surface area contributed by atoms with Crippen LogP contribution in [0, 0.1) is 0 Å². The maximum Gasteiger partial charge on any atom is 0.167 e. The fourth-order valence-electron chi connectivity index (χ4n) is 7.59. The van der Waals surface area contributed by atoms with Crippen LogP contribution in [0.25, 0.3) is 111 Å². The van der Waals surface area contributed by atoms with E-state index in [0.717, 1.165) is 93.2 Å². The molecule has 11 aromatic rings. The first-order valence-corrected chi connectivity index (χ1v) is 17.3. The molecule has 0 atom stereocenters. The molecule has 52 heavy (non-hydrogen) atoms. The van der Waals surface area contributed by atoms with Gasteiger partial charge in [-0.2, -0.15) is 0 Å². The lowest BCUT2D eigenvalue weighted by atomic mass is 9.98. The summed E-state index contributed by atoms with van der Waals surface area (Å²) in [6, 6.07) is 56.3. The molecule has 0 radical (unpaired) electrons. The predicted octanol–water partition coefficient (Wildman–Crippen LogP) is 12.6. The molecule has 8 aromatic carbocycles. The highest BCUT2D eigenvalue weighted by Crippen LogP contribution is 2.41. The molecule has 0 spiro atoms. The summed E-state index contributed by atoms with van der Waals surface area (Å²) in [6.07, 6.45) is 0. The van der Waals surface area contributed by atoms with E-state index >= 15 is 0 Å². The molecule has 242 valence electrons. The summed E-state index contributed by atoms with van der Waals surface area (Å²) in [7, 11) is 0. The summed E-state index contributed by atoms with van der Waals surface area (Å²) in [4.78, 5) is 15.6. The normalized spacial score (nSPS) is 11.8. The van der Waals surface area contributed by atoms with Crippen LogP contribution in [-0.4, -0.2) is 15.0 Å². The molecular formula is C47H27N3O2. The van der Waals surface area contributed by atoms with Gasteiger partial charge in [-0.1, -0.05) is 127 Å². The lowest BCUT2D eigenvalue weighted by Crippen LogP contribution is -2.01. The van der Waals surface area contributed by atoms with Crippen LogP contribution in [0.2, 0.25) is 0 Å². The quantitative estimate of drug-likeness (QED) is 0.187. The fraction of sp³-hybridized carbons (Fsp3) is 0. The molecule has 0 bridgehead atoms. The number of rotatable bonds is 4. The highest BCUT2D eigenvalue weighted by atomic mass is 16.3. The van der Waals surface area contributed by atoms with E-state index in [-0.39, 0.29) is 0 Å².